The average Bonchev–Trinajstić information content (AvgIpc) is 3.45. The van der Waals surface area contributed by atoms with Gasteiger partial charge in [0.15, 0.2) is 0 Å². The van der Waals surface area contributed by atoms with E-state index in [4.69, 9.17) is 0 Å². The first-order valence-corrected chi connectivity index (χ1v) is 16.3. The molecule has 9 rings (SSSR count). The van der Waals surface area contributed by atoms with Gasteiger partial charge in [-0.2, -0.15) is 0 Å². The van der Waals surface area contributed by atoms with Crippen molar-refractivity contribution in [3.05, 3.63) is 167 Å². The Labute approximate surface area is 261 Å². The molecule has 0 saturated carbocycles. The number of nitrogens with one attached hydrogen (secondary N) is 1. The lowest BCUT2D eigenvalue weighted by Crippen LogP contribution is -2.70. The summed E-state index contributed by atoms with van der Waals surface area (Å²) in [5.41, 5.74) is 11.2. The molecule has 1 fully saturated rings. The fraction of sp³-hybridized carbons (Fsp3) is 0.286. The predicted molar refractivity (Wildman–Crippen MR) is 182 cm³/mol. The molecule has 1 aliphatic carbocycles. The van der Waals surface area contributed by atoms with Crippen molar-refractivity contribution in [3.63, 3.8) is 0 Å². The second-order valence-corrected chi connectivity index (χ2v) is 14.6. The van der Waals surface area contributed by atoms with E-state index in [1.807, 2.05) is 0 Å². The molecule has 0 radical (unpaired) electrons. The number of benzene rings is 5. The van der Waals surface area contributed by atoms with Gasteiger partial charge in [0.2, 0.25) is 0 Å². The van der Waals surface area contributed by atoms with Gasteiger partial charge in [0.1, 0.15) is 0 Å². The van der Waals surface area contributed by atoms with Crippen LogP contribution in [-0.2, 0) is 16.4 Å². The van der Waals surface area contributed by atoms with Crippen LogP contribution in [0.15, 0.2) is 133 Å². The zero-order chi connectivity index (χ0) is 29.8. The maximum absolute atomic E-state index is 4.17. The number of fused-ring (bicyclic) bond motifs is 5. The first-order valence-electron chi connectivity index (χ1n) is 16.3. The summed E-state index contributed by atoms with van der Waals surface area (Å²) in [6.07, 6.45) is 0. The van der Waals surface area contributed by atoms with E-state index in [2.05, 4.69) is 171 Å². The number of nitrogens with zero attached hydrogens (tertiary/aromatic N) is 1. The molecular weight excluding hydrogens is 532 g/mol. The van der Waals surface area contributed by atoms with Crippen LogP contribution >= 0.6 is 0 Å². The summed E-state index contributed by atoms with van der Waals surface area (Å²) in [5, 5.41) is 4.17. The normalized spacial score (nSPS) is 29.7. The van der Waals surface area contributed by atoms with Gasteiger partial charge in [0.05, 0.1) is 11.6 Å². The highest BCUT2D eigenvalue weighted by Crippen LogP contribution is 2.78. The zero-order valence-electron chi connectivity index (χ0n) is 26.0. The lowest BCUT2D eigenvalue weighted by Gasteiger charge is -2.70. The molecule has 6 atom stereocenters. The summed E-state index contributed by atoms with van der Waals surface area (Å²) in [5.74, 6) is 0.942. The van der Waals surface area contributed by atoms with E-state index in [1.54, 1.807) is 0 Å². The molecule has 1 spiro atoms. The monoisotopic (exact) mass is 572 g/mol. The van der Waals surface area contributed by atoms with Crippen LogP contribution in [0.4, 0.5) is 11.4 Å². The molecule has 1 saturated heterocycles. The van der Waals surface area contributed by atoms with E-state index in [1.165, 1.54) is 44.8 Å². The SMILES string of the molecule is CC1(C)c2ccccc2N[C@H]1[C@H]1[C@@H](c2ccccc2)[C@@H]2c3ccccc3[C@]23N(c2ccccc2C3(C)C)[C@@H]1c1ccccc1. The molecule has 4 aliphatic rings. The minimum absolute atomic E-state index is 0.0562. The molecule has 2 nitrogen and oxygen atoms in total. The summed E-state index contributed by atoms with van der Waals surface area (Å²) in [6.45, 7) is 9.98. The molecule has 3 aliphatic heterocycles. The molecule has 44 heavy (non-hydrogen) atoms. The van der Waals surface area contributed by atoms with Crippen LogP contribution in [0.3, 0.4) is 0 Å². The molecule has 3 heterocycles. The highest BCUT2D eigenvalue weighted by atomic mass is 15.3. The van der Waals surface area contributed by atoms with Crippen molar-refractivity contribution < 1.29 is 0 Å². The van der Waals surface area contributed by atoms with Gasteiger partial charge in [-0.05, 0) is 45.5 Å². The molecule has 0 unspecified atom stereocenters. The van der Waals surface area contributed by atoms with Crippen LogP contribution in [0.1, 0.15) is 79.0 Å². The van der Waals surface area contributed by atoms with Crippen molar-refractivity contribution in [2.24, 2.45) is 5.92 Å². The molecule has 1 N–H and O–H groups in total. The van der Waals surface area contributed by atoms with Gasteiger partial charge < -0.3 is 10.2 Å². The second kappa shape index (κ2) is 8.88. The van der Waals surface area contributed by atoms with Crippen LogP contribution in [0.5, 0.6) is 0 Å². The maximum Gasteiger partial charge on any atom is 0.0829 e. The van der Waals surface area contributed by atoms with E-state index < -0.39 is 0 Å². The molecule has 0 aromatic heterocycles. The standard InChI is InChI=1S/C42H40N2/c1-40(2)31-23-13-15-25-33(31)43-39(40)36-35(27-17-7-5-8-18-27)37-29-21-11-12-22-30(29)42(37)41(3,4)32-24-14-16-26-34(32)44(42)38(36)28-19-9-6-10-20-28/h5-26,35-39,43H,1-4H3/t35-,36+,37+,38-,39+,42+/m1/s1. The molecule has 218 valence electrons. The Balaban J connectivity index is 1.40. The zero-order valence-corrected chi connectivity index (χ0v) is 26.0. The third-order valence-electron chi connectivity index (χ3n) is 12.2. The van der Waals surface area contributed by atoms with Crippen molar-refractivity contribution in [2.75, 3.05) is 10.2 Å². The minimum Gasteiger partial charge on any atom is -0.381 e. The van der Waals surface area contributed by atoms with Crippen LogP contribution < -0.4 is 10.2 Å². The largest absolute Gasteiger partial charge is 0.381 e. The van der Waals surface area contributed by atoms with E-state index in [0.717, 1.165) is 0 Å². The Morgan fingerprint density at radius 2 is 1.14 bits per heavy atom. The first-order chi connectivity index (χ1) is 21.4. The van der Waals surface area contributed by atoms with Crippen LogP contribution in [-0.4, -0.2) is 6.04 Å². The van der Waals surface area contributed by atoms with E-state index >= 15 is 0 Å². The highest BCUT2D eigenvalue weighted by molar-refractivity contribution is 5.77. The fourth-order valence-electron chi connectivity index (χ4n) is 10.5. The minimum atomic E-state index is -0.166. The fourth-order valence-corrected chi connectivity index (χ4v) is 10.5. The van der Waals surface area contributed by atoms with Crippen molar-refractivity contribution >= 4 is 11.4 Å². The second-order valence-electron chi connectivity index (χ2n) is 14.6. The van der Waals surface area contributed by atoms with Gasteiger partial charge in [-0.25, -0.2) is 0 Å². The third-order valence-corrected chi connectivity index (χ3v) is 12.2. The van der Waals surface area contributed by atoms with E-state index in [9.17, 15) is 0 Å². The van der Waals surface area contributed by atoms with Gasteiger partial charge >= 0.3 is 0 Å². The number of hydrogen-bond donors (Lipinski definition) is 1. The number of piperidine rings is 1. The third kappa shape index (κ3) is 3.02. The number of rotatable bonds is 3. The smallest absolute Gasteiger partial charge is 0.0829 e. The van der Waals surface area contributed by atoms with Crippen molar-refractivity contribution in [1.82, 2.24) is 0 Å². The molecule has 5 aromatic rings. The van der Waals surface area contributed by atoms with Gasteiger partial charge in [0.25, 0.3) is 0 Å². The van der Waals surface area contributed by atoms with Gasteiger partial charge in [-0.3, -0.25) is 0 Å². The predicted octanol–water partition coefficient (Wildman–Crippen LogP) is 9.70. The first kappa shape index (κ1) is 26.1. The summed E-state index contributed by atoms with van der Waals surface area (Å²) >= 11 is 0. The summed E-state index contributed by atoms with van der Waals surface area (Å²) in [6, 6.07) is 51.1. The van der Waals surface area contributed by atoms with Crippen molar-refractivity contribution in [3.8, 4) is 0 Å². The molecule has 0 amide bonds. The Morgan fingerprint density at radius 1 is 0.568 bits per heavy atom. The summed E-state index contributed by atoms with van der Waals surface area (Å²) in [4.78, 5) is 2.93. The lowest BCUT2D eigenvalue weighted by atomic mass is 9.42. The number of anilines is 2. The van der Waals surface area contributed by atoms with Crippen LogP contribution in [0.2, 0.25) is 0 Å². The maximum atomic E-state index is 4.17. The van der Waals surface area contributed by atoms with Gasteiger partial charge in [-0.15, -0.1) is 0 Å². The molecular formula is C42H40N2. The molecule has 2 heteroatoms. The topological polar surface area (TPSA) is 15.3 Å². The Kier molecular flexibility index (Phi) is 5.27. The Morgan fingerprint density at radius 3 is 1.84 bits per heavy atom. The number of para-hydroxylation sites is 2. The van der Waals surface area contributed by atoms with Gasteiger partial charge in [0, 0.05) is 46.0 Å². The summed E-state index contributed by atoms with van der Waals surface area (Å²) < 4.78 is 0. The van der Waals surface area contributed by atoms with E-state index in [0.29, 0.717) is 11.8 Å². The lowest BCUT2D eigenvalue weighted by molar-refractivity contribution is 0.0473. The van der Waals surface area contributed by atoms with E-state index in [-0.39, 0.29) is 34.4 Å². The van der Waals surface area contributed by atoms with Gasteiger partial charge in [-0.1, -0.05) is 149 Å². The van der Waals surface area contributed by atoms with Crippen molar-refractivity contribution in [2.45, 2.75) is 68.0 Å². The average molecular weight is 573 g/mol. The Hall–Kier alpha value is -4.30. The Bertz CT molecular complexity index is 1890. The molecule has 5 aromatic carbocycles. The molecule has 0 bridgehead atoms. The van der Waals surface area contributed by atoms with Crippen LogP contribution in [0.25, 0.3) is 0 Å². The quantitative estimate of drug-likeness (QED) is 0.232. The summed E-state index contributed by atoms with van der Waals surface area (Å²) in [7, 11) is 0. The highest BCUT2D eigenvalue weighted by Gasteiger charge is 2.75. The van der Waals surface area contributed by atoms with Crippen LogP contribution in [0, 0.1) is 5.92 Å². The number of hydrogen-bond acceptors (Lipinski definition) is 2. The van der Waals surface area contributed by atoms with Crippen molar-refractivity contribution in [1.29, 1.82) is 0 Å².